The number of nitrogens with one attached hydrogen (secondary N) is 3. The number of nitriles is 1. The number of rotatable bonds is 7. The summed E-state index contributed by atoms with van der Waals surface area (Å²) in [4.78, 5) is 23.1. The molecular weight excluding hydrogens is 355 g/mol. The van der Waals surface area contributed by atoms with E-state index in [-0.39, 0.29) is 23.7 Å². The van der Waals surface area contributed by atoms with Gasteiger partial charge in [-0.1, -0.05) is 23.2 Å². The van der Waals surface area contributed by atoms with Crippen molar-refractivity contribution in [2.75, 3.05) is 25.0 Å². The van der Waals surface area contributed by atoms with Gasteiger partial charge in [-0.05, 0) is 25.1 Å². The molecule has 0 saturated carbocycles. The molecule has 0 heterocycles. The van der Waals surface area contributed by atoms with E-state index in [9.17, 15) is 9.59 Å². The van der Waals surface area contributed by atoms with Gasteiger partial charge in [-0.2, -0.15) is 5.26 Å². The molecule has 0 aliphatic carbocycles. The van der Waals surface area contributed by atoms with E-state index >= 15 is 0 Å². The minimum absolute atomic E-state index is 0.142. The molecular formula is C15H16Cl2N4O3. The van der Waals surface area contributed by atoms with E-state index in [2.05, 4.69) is 20.7 Å². The number of nitrogens with zero attached hydrogens (tertiary/aromatic N) is 1. The van der Waals surface area contributed by atoms with Crippen LogP contribution >= 0.6 is 23.2 Å². The van der Waals surface area contributed by atoms with Crippen LogP contribution in [0.25, 0.3) is 0 Å². The third-order valence-corrected chi connectivity index (χ3v) is 3.15. The molecule has 2 amide bonds. The SMILES string of the molecule is CCOC(=O)NCCN/C=C(/C#N)C(=O)Nc1ccc(Cl)cc1Cl. The molecule has 1 aromatic carbocycles. The van der Waals surface area contributed by atoms with Crippen molar-refractivity contribution in [2.45, 2.75) is 6.92 Å². The normalized spacial score (nSPS) is 10.5. The number of ether oxygens (including phenoxy) is 1. The maximum absolute atomic E-state index is 12.0. The van der Waals surface area contributed by atoms with Gasteiger partial charge in [0.15, 0.2) is 0 Å². The summed E-state index contributed by atoms with van der Waals surface area (Å²) in [5, 5.41) is 17.5. The van der Waals surface area contributed by atoms with E-state index in [0.717, 1.165) is 0 Å². The van der Waals surface area contributed by atoms with Gasteiger partial charge in [0, 0.05) is 24.3 Å². The molecule has 0 unspecified atom stereocenters. The Morgan fingerprint density at radius 3 is 2.71 bits per heavy atom. The van der Waals surface area contributed by atoms with Crippen LogP contribution in [0.2, 0.25) is 10.0 Å². The molecule has 0 fully saturated rings. The number of alkyl carbamates (subject to hydrolysis) is 1. The topological polar surface area (TPSA) is 103 Å². The minimum Gasteiger partial charge on any atom is -0.450 e. The smallest absolute Gasteiger partial charge is 0.407 e. The van der Waals surface area contributed by atoms with Crippen LogP contribution in [-0.2, 0) is 9.53 Å². The molecule has 0 aliphatic heterocycles. The molecule has 24 heavy (non-hydrogen) atoms. The lowest BCUT2D eigenvalue weighted by atomic mass is 10.2. The van der Waals surface area contributed by atoms with Gasteiger partial charge in [0.05, 0.1) is 17.3 Å². The third-order valence-electron chi connectivity index (χ3n) is 2.60. The monoisotopic (exact) mass is 370 g/mol. The molecule has 0 spiro atoms. The standard InChI is InChI=1S/C15H16Cl2N4O3/c1-2-24-15(23)20-6-5-19-9-10(8-18)14(22)21-13-4-3-11(16)7-12(13)17/h3-4,7,9,19H,2,5-6H2,1H3,(H,20,23)(H,21,22)/b10-9-. The number of hydrogen-bond donors (Lipinski definition) is 3. The highest BCUT2D eigenvalue weighted by atomic mass is 35.5. The van der Waals surface area contributed by atoms with Crippen LogP contribution in [0, 0.1) is 11.3 Å². The summed E-state index contributed by atoms with van der Waals surface area (Å²) in [6, 6.07) is 6.36. The number of carbonyl (C=O) groups excluding carboxylic acids is 2. The van der Waals surface area contributed by atoms with E-state index in [1.807, 2.05) is 0 Å². The van der Waals surface area contributed by atoms with E-state index in [1.165, 1.54) is 18.3 Å². The Morgan fingerprint density at radius 2 is 2.08 bits per heavy atom. The zero-order valence-corrected chi connectivity index (χ0v) is 14.4. The summed E-state index contributed by atoms with van der Waals surface area (Å²) in [6.45, 7) is 2.58. The number of halogens is 2. The Morgan fingerprint density at radius 1 is 1.33 bits per heavy atom. The first-order valence-corrected chi connectivity index (χ1v) is 7.74. The maximum atomic E-state index is 12.0. The predicted molar refractivity (Wildman–Crippen MR) is 91.8 cm³/mol. The molecule has 1 aromatic rings. The number of amides is 2. The summed E-state index contributed by atoms with van der Waals surface area (Å²) >= 11 is 11.7. The van der Waals surface area contributed by atoms with Crippen molar-refractivity contribution >= 4 is 40.9 Å². The third kappa shape index (κ3) is 6.77. The van der Waals surface area contributed by atoms with Crippen molar-refractivity contribution in [3.05, 3.63) is 40.0 Å². The van der Waals surface area contributed by atoms with Gasteiger partial charge in [-0.25, -0.2) is 4.79 Å². The van der Waals surface area contributed by atoms with Crippen LogP contribution in [0.15, 0.2) is 30.0 Å². The highest BCUT2D eigenvalue weighted by Gasteiger charge is 2.11. The Hall–Kier alpha value is -2.43. The number of carbonyl (C=O) groups is 2. The second-order valence-corrected chi connectivity index (χ2v) is 5.19. The molecule has 0 aliphatic rings. The first-order valence-electron chi connectivity index (χ1n) is 6.98. The van der Waals surface area contributed by atoms with Crippen molar-refractivity contribution in [3.8, 4) is 6.07 Å². The van der Waals surface area contributed by atoms with Crippen molar-refractivity contribution in [3.63, 3.8) is 0 Å². The average Bonchev–Trinajstić information content (AvgIpc) is 2.53. The molecule has 7 nitrogen and oxygen atoms in total. The molecule has 128 valence electrons. The summed E-state index contributed by atoms with van der Waals surface area (Å²) < 4.78 is 4.68. The van der Waals surface area contributed by atoms with E-state index in [4.69, 9.17) is 28.5 Å². The van der Waals surface area contributed by atoms with Gasteiger partial charge in [0.25, 0.3) is 5.91 Å². The average molecular weight is 371 g/mol. The fourth-order valence-corrected chi connectivity index (χ4v) is 1.98. The zero-order valence-electron chi connectivity index (χ0n) is 12.9. The van der Waals surface area contributed by atoms with Gasteiger partial charge in [0.2, 0.25) is 0 Å². The highest BCUT2D eigenvalue weighted by molar-refractivity contribution is 6.36. The zero-order chi connectivity index (χ0) is 17.9. The van der Waals surface area contributed by atoms with Gasteiger partial charge in [-0.3, -0.25) is 4.79 Å². The number of anilines is 1. The number of hydrogen-bond acceptors (Lipinski definition) is 5. The summed E-state index contributed by atoms with van der Waals surface area (Å²) in [7, 11) is 0. The predicted octanol–water partition coefficient (Wildman–Crippen LogP) is 2.68. The lowest BCUT2D eigenvalue weighted by Gasteiger charge is -2.08. The quantitative estimate of drug-likeness (QED) is 0.388. The lowest BCUT2D eigenvalue weighted by Crippen LogP contribution is -2.31. The fraction of sp³-hybridized carbons (Fsp3) is 0.267. The van der Waals surface area contributed by atoms with E-state index < -0.39 is 12.0 Å². The van der Waals surface area contributed by atoms with Crippen LogP contribution < -0.4 is 16.0 Å². The fourth-order valence-electron chi connectivity index (χ4n) is 1.52. The molecule has 9 heteroatoms. The Kier molecular flexibility index (Phi) is 8.47. The molecule has 0 bridgehead atoms. The van der Waals surface area contributed by atoms with Crippen LogP contribution in [-0.4, -0.2) is 31.7 Å². The van der Waals surface area contributed by atoms with E-state index in [0.29, 0.717) is 17.3 Å². The van der Waals surface area contributed by atoms with Crippen LogP contribution in [0.1, 0.15) is 6.92 Å². The summed E-state index contributed by atoms with van der Waals surface area (Å²) in [6.07, 6.45) is 0.727. The van der Waals surface area contributed by atoms with Crippen molar-refractivity contribution in [2.24, 2.45) is 0 Å². The molecule has 1 rings (SSSR count). The maximum Gasteiger partial charge on any atom is 0.407 e. The lowest BCUT2D eigenvalue weighted by molar-refractivity contribution is -0.112. The van der Waals surface area contributed by atoms with Crippen molar-refractivity contribution in [1.82, 2.24) is 10.6 Å². The second kappa shape index (κ2) is 10.4. The minimum atomic E-state index is -0.618. The molecule has 0 radical (unpaired) electrons. The van der Waals surface area contributed by atoms with Crippen LogP contribution in [0.5, 0.6) is 0 Å². The first-order chi connectivity index (χ1) is 11.5. The van der Waals surface area contributed by atoms with Crippen LogP contribution in [0.3, 0.4) is 0 Å². The van der Waals surface area contributed by atoms with Gasteiger partial charge < -0.3 is 20.7 Å². The van der Waals surface area contributed by atoms with E-state index in [1.54, 1.807) is 19.1 Å². The Bertz CT molecular complexity index is 671. The largest absolute Gasteiger partial charge is 0.450 e. The van der Waals surface area contributed by atoms with Gasteiger partial charge in [0.1, 0.15) is 11.6 Å². The molecule has 3 N–H and O–H groups in total. The second-order valence-electron chi connectivity index (χ2n) is 4.35. The highest BCUT2D eigenvalue weighted by Crippen LogP contribution is 2.25. The molecule has 0 saturated heterocycles. The summed E-state index contributed by atoms with van der Waals surface area (Å²) in [5.74, 6) is -0.618. The van der Waals surface area contributed by atoms with Gasteiger partial charge in [-0.15, -0.1) is 0 Å². The molecule has 0 atom stereocenters. The van der Waals surface area contributed by atoms with Crippen molar-refractivity contribution in [1.29, 1.82) is 5.26 Å². The first kappa shape index (κ1) is 19.6. The van der Waals surface area contributed by atoms with Gasteiger partial charge >= 0.3 is 6.09 Å². The van der Waals surface area contributed by atoms with Crippen LogP contribution in [0.4, 0.5) is 10.5 Å². The summed E-state index contributed by atoms with van der Waals surface area (Å²) in [5.41, 5.74) is 0.202. The molecule has 0 aromatic heterocycles. The Balaban J connectivity index is 2.51. The van der Waals surface area contributed by atoms with Crippen molar-refractivity contribution < 1.29 is 14.3 Å². The Labute approximate surface area is 149 Å². The number of benzene rings is 1.